The number of nitrogens with zero attached hydrogens (tertiary/aromatic N) is 1. The second-order valence-electron chi connectivity index (χ2n) is 3.84. The summed E-state index contributed by atoms with van der Waals surface area (Å²) in [6.45, 7) is 0.959. The third-order valence-corrected chi connectivity index (χ3v) is 2.49. The zero-order chi connectivity index (χ0) is 11.5. The van der Waals surface area contributed by atoms with Gasteiger partial charge in [-0.05, 0) is 6.42 Å². The van der Waals surface area contributed by atoms with Crippen molar-refractivity contribution in [2.75, 3.05) is 26.3 Å². The summed E-state index contributed by atoms with van der Waals surface area (Å²) < 4.78 is 5.11. The zero-order valence-corrected chi connectivity index (χ0v) is 8.69. The van der Waals surface area contributed by atoms with Gasteiger partial charge in [0.05, 0.1) is 12.6 Å². The molecular formula is C9H13N3O4. The smallest absolute Gasteiger partial charge is 0.318 e. The van der Waals surface area contributed by atoms with Crippen molar-refractivity contribution in [3.8, 4) is 0 Å². The molecule has 2 N–H and O–H groups in total. The van der Waals surface area contributed by atoms with Gasteiger partial charge >= 0.3 is 6.03 Å². The van der Waals surface area contributed by atoms with Crippen molar-refractivity contribution < 1.29 is 19.1 Å². The summed E-state index contributed by atoms with van der Waals surface area (Å²) in [5.41, 5.74) is 0. The van der Waals surface area contributed by atoms with Crippen molar-refractivity contribution in [2.45, 2.75) is 12.5 Å². The van der Waals surface area contributed by atoms with Gasteiger partial charge in [0.25, 0.3) is 0 Å². The summed E-state index contributed by atoms with van der Waals surface area (Å²) in [6, 6.07) is -0.411. The van der Waals surface area contributed by atoms with Crippen LogP contribution in [-0.2, 0) is 14.3 Å². The molecule has 0 bridgehead atoms. The van der Waals surface area contributed by atoms with E-state index in [4.69, 9.17) is 4.74 Å². The molecule has 0 aliphatic carbocycles. The number of carbonyl (C=O) groups is 3. The van der Waals surface area contributed by atoms with E-state index >= 15 is 0 Å². The van der Waals surface area contributed by atoms with Crippen molar-refractivity contribution in [2.24, 2.45) is 0 Å². The molecule has 0 spiro atoms. The fourth-order valence-electron chi connectivity index (χ4n) is 1.70. The first-order valence-electron chi connectivity index (χ1n) is 5.11. The van der Waals surface area contributed by atoms with E-state index in [0.29, 0.717) is 13.2 Å². The van der Waals surface area contributed by atoms with Gasteiger partial charge in [-0.3, -0.25) is 14.9 Å². The van der Waals surface area contributed by atoms with Gasteiger partial charge in [-0.15, -0.1) is 0 Å². The van der Waals surface area contributed by atoms with Gasteiger partial charge in [-0.25, -0.2) is 4.79 Å². The molecule has 1 atom stereocenters. The number of amides is 4. The first kappa shape index (κ1) is 10.9. The number of urea groups is 1. The highest BCUT2D eigenvalue weighted by molar-refractivity contribution is 6.02. The highest BCUT2D eigenvalue weighted by Crippen LogP contribution is 2.04. The molecule has 88 valence electrons. The zero-order valence-electron chi connectivity index (χ0n) is 8.69. The molecule has 0 aromatic rings. The third-order valence-electron chi connectivity index (χ3n) is 2.49. The first-order chi connectivity index (χ1) is 7.65. The second-order valence-corrected chi connectivity index (χ2v) is 3.84. The van der Waals surface area contributed by atoms with Crippen molar-refractivity contribution in [1.82, 2.24) is 15.5 Å². The van der Waals surface area contributed by atoms with E-state index in [0.717, 1.165) is 6.42 Å². The lowest BCUT2D eigenvalue weighted by molar-refractivity contribution is -0.134. The third kappa shape index (κ3) is 2.48. The maximum Gasteiger partial charge on any atom is 0.318 e. The number of rotatable bonds is 1. The van der Waals surface area contributed by atoms with Crippen molar-refractivity contribution in [3.63, 3.8) is 0 Å². The lowest BCUT2D eigenvalue weighted by Crippen LogP contribution is -2.57. The first-order valence-corrected chi connectivity index (χ1v) is 5.11. The molecule has 0 aromatic heterocycles. The Morgan fingerprint density at radius 2 is 2.06 bits per heavy atom. The highest BCUT2D eigenvalue weighted by Gasteiger charge is 2.28. The molecule has 2 heterocycles. The molecule has 0 saturated carbocycles. The SMILES string of the molecule is O=C1CN(C(=O)NC2CCOC2)CC(=O)N1. The van der Waals surface area contributed by atoms with Gasteiger partial charge in [-0.1, -0.05) is 0 Å². The van der Waals surface area contributed by atoms with Gasteiger partial charge in [0.1, 0.15) is 13.1 Å². The molecular weight excluding hydrogens is 214 g/mol. The van der Waals surface area contributed by atoms with E-state index in [1.807, 2.05) is 0 Å². The lowest BCUT2D eigenvalue weighted by Gasteiger charge is -2.26. The largest absolute Gasteiger partial charge is 0.379 e. The fourth-order valence-corrected chi connectivity index (χ4v) is 1.70. The number of imide groups is 1. The Morgan fingerprint density at radius 3 is 2.62 bits per heavy atom. The van der Waals surface area contributed by atoms with Gasteiger partial charge in [0, 0.05) is 6.61 Å². The molecule has 2 fully saturated rings. The summed E-state index contributed by atoms with van der Waals surface area (Å²) in [4.78, 5) is 35.0. The summed E-state index contributed by atoms with van der Waals surface area (Å²) in [5, 5.41) is 4.85. The summed E-state index contributed by atoms with van der Waals surface area (Å²) >= 11 is 0. The Balaban J connectivity index is 1.88. The summed E-state index contributed by atoms with van der Waals surface area (Å²) in [6.07, 6.45) is 0.764. The minimum atomic E-state index is -0.450. The molecule has 1 unspecified atom stereocenters. The molecule has 4 amide bonds. The predicted octanol–water partition coefficient (Wildman–Crippen LogP) is -1.56. The molecule has 2 rings (SSSR count). The van der Waals surface area contributed by atoms with Crippen LogP contribution in [0.15, 0.2) is 0 Å². The van der Waals surface area contributed by atoms with E-state index in [1.54, 1.807) is 0 Å². The normalized spacial score (nSPS) is 25.5. The van der Waals surface area contributed by atoms with Crippen LogP contribution >= 0.6 is 0 Å². The highest BCUT2D eigenvalue weighted by atomic mass is 16.5. The van der Waals surface area contributed by atoms with Gasteiger partial charge in [0.2, 0.25) is 11.8 Å². The van der Waals surface area contributed by atoms with Gasteiger partial charge in [-0.2, -0.15) is 0 Å². The minimum Gasteiger partial charge on any atom is -0.379 e. The number of carbonyl (C=O) groups excluding carboxylic acids is 3. The monoisotopic (exact) mass is 227 g/mol. The van der Waals surface area contributed by atoms with E-state index in [9.17, 15) is 14.4 Å². The molecule has 0 radical (unpaired) electrons. The Hall–Kier alpha value is -1.63. The maximum atomic E-state index is 11.7. The van der Waals surface area contributed by atoms with E-state index in [2.05, 4.69) is 10.6 Å². The van der Waals surface area contributed by atoms with Crippen LogP contribution in [0.1, 0.15) is 6.42 Å². The van der Waals surface area contributed by atoms with Crippen molar-refractivity contribution in [3.05, 3.63) is 0 Å². The molecule has 2 aliphatic heterocycles. The molecule has 7 heteroatoms. The van der Waals surface area contributed by atoms with Crippen LogP contribution in [0.2, 0.25) is 0 Å². The maximum absolute atomic E-state index is 11.7. The van der Waals surface area contributed by atoms with Crippen LogP contribution in [0.4, 0.5) is 4.79 Å². The second kappa shape index (κ2) is 4.48. The molecule has 16 heavy (non-hydrogen) atoms. The van der Waals surface area contributed by atoms with E-state index in [-0.39, 0.29) is 19.1 Å². The quantitative estimate of drug-likeness (QED) is 0.530. The van der Waals surface area contributed by atoms with E-state index < -0.39 is 17.8 Å². The van der Waals surface area contributed by atoms with Gasteiger partial charge < -0.3 is 15.0 Å². The number of piperazine rings is 1. The van der Waals surface area contributed by atoms with Crippen LogP contribution in [0, 0.1) is 0 Å². The Morgan fingerprint density at radius 1 is 1.38 bits per heavy atom. The molecule has 0 aromatic carbocycles. The van der Waals surface area contributed by atoms with Crippen LogP contribution in [0.3, 0.4) is 0 Å². The summed E-state index contributed by atoms with van der Waals surface area (Å²) in [7, 11) is 0. The molecule has 7 nitrogen and oxygen atoms in total. The minimum absolute atomic E-state index is 0.0208. The van der Waals surface area contributed by atoms with Crippen molar-refractivity contribution >= 4 is 17.8 Å². The number of hydrogen-bond donors (Lipinski definition) is 2. The number of ether oxygens (including phenoxy) is 1. The van der Waals surface area contributed by atoms with Crippen LogP contribution in [-0.4, -0.2) is 55.1 Å². The Kier molecular flexibility index (Phi) is 3.04. The predicted molar refractivity (Wildman–Crippen MR) is 52.5 cm³/mol. The van der Waals surface area contributed by atoms with Crippen molar-refractivity contribution in [1.29, 1.82) is 0 Å². The standard InChI is InChI=1S/C9H13N3O4/c13-7-3-12(4-8(14)11-7)9(15)10-6-1-2-16-5-6/h6H,1-5H2,(H,10,15)(H,11,13,14). The fraction of sp³-hybridized carbons (Fsp3) is 0.667. The van der Waals surface area contributed by atoms with E-state index in [1.165, 1.54) is 4.90 Å². The van der Waals surface area contributed by atoms with Crippen LogP contribution in [0.5, 0.6) is 0 Å². The average Bonchev–Trinajstić information content (AvgIpc) is 2.68. The number of hydrogen-bond acceptors (Lipinski definition) is 4. The topological polar surface area (TPSA) is 87.7 Å². The van der Waals surface area contributed by atoms with Crippen LogP contribution < -0.4 is 10.6 Å². The van der Waals surface area contributed by atoms with Crippen LogP contribution in [0.25, 0.3) is 0 Å². The summed E-state index contributed by atoms with van der Waals surface area (Å²) in [5.74, 6) is -0.900. The molecule has 2 aliphatic rings. The Labute approximate surface area is 92.1 Å². The average molecular weight is 227 g/mol. The molecule has 2 saturated heterocycles. The van der Waals surface area contributed by atoms with Gasteiger partial charge in [0.15, 0.2) is 0 Å². The lowest BCUT2D eigenvalue weighted by atomic mass is 10.2. The Bertz CT molecular complexity index is 309. The number of nitrogens with one attached hydrogen (secondary N) is 2.